The molecule has 3 rings (SSSR count). The molecule has 0 saturated heterocycles. The Morgan fingerprint density at radius 3 is 2.50 bits per heavy atom. The largest absolute Gasteiger partial charge is 0.321 e. The van der Waals surface area contributed by atoms with Crippen LogP contribution in [0.15, 0.2) is 70.4 Å². The third-order valence-corrected chi connectivity index (χ3v) is 5.61. The second-order valence-corrected chi connectivity index (χ2v) is 8.05. The van der Waals surface area contributed by atoms with Gasteiger partial charge in [0.25, 0.3) is 5.56 Å². The maximum Gasteiger partial charge on any atom is 0.267 e. The summed E-state index contributed by atoms with van der Waals surface area (Å²) in [5, 5.41) is 1.14. The first-order valence-electron chi connectivity index (χ1n) is 7.66. The molecule has 0 fully saturated rings. The number of carbonyl (C=O) groups excluding carboxylic acids is 1. The van der Waals surface area contributed by atoms with Crippen molar-refractivity contribution in [1.82, 2.24) is 4.98 Å². The number of hydrogen-bond donors (Lipinski definition) is 1. The Morgan fingerprint density at radius 2 is 1.77 bits per heavy atom. The third-order valence-electron chi connectivity index (χ3n) is 3.72. The summed E-state index contributed by atoms with van der Waals surface area (Å²) in [5.41, 5.74) is 0.507. The number of H-pyrrole nitrogens is 1. The smallest absolute Gasteiger partial charge is 0.267 e. The number of rotatable bonds is 5. The minimum atomic E-state index is -4.06. The van der Waals surface area contributed by atoms with Gasteiger partial charge in [-0.15, -0.1) is 0 Å². The number of allylic oxidation sites excluding steroid dienone is 1. The van der Waals surface area contributed by atoms with Gasteiger partial charge in [0, 0.05) is 10.5 Å². The minimum Gasteiger partial charge on any atom is -0.321 e. The number of ketones is 1. The number of para-hydroxylation sites is 1. The van der Waals surface area contributed by atoms with Crippen molar-refractivity contribution in [2.45, 2.75) is 4.90 Å². The van der Waals surface area contributed by atoms with Crippen LogP contribution < -0.4 is 5.56 Å². The Hall–Kier alpha value is -2.70. The number of carbonyl (C=O) groups is 1. The number of nitrogens with one attached hydrogen (secondary N) is 1. The van der Waals surface area contributed by atoms with Crippen LogP contribution in [0.1, 0.15) is 5.56 Å². The summed E-state index contributed by atoms with van der Waals surface area (Å²) in [4.78, 5) is 26.3. The molecule has 5 nitrogen and oxygen atoms in total. The Morgan fingerprint density at radius 1 is 1.08 bits per heavy atom. The Bertz CT molecular complexity index is 1160. The molecule has 26 heavy (non-hydrogen) atoms. The first-order valence-corrected chi connectivity index (χ1v) is 9.69. The van der Waals surface area contributed by atoms with Crippen LogP contribution in [0.2, 0.25) is 5.02 Å². The van der Waals surface area contributed by atoms with Crippen LogP contribution in [0.25, 0.3) is 17.0 Å². The van der Waals surface area contributed by atoms with Gasteiger partial charge in [-0.1, -0.05) is 48.0 Å². The van der Waals surface area contributed by atoms with Crippen molar-refractivity contribution in [2.24, 2.45) is 0 Å². The average Bonchev–Trinajstić information content (AvgIpc) is 2.60. The highest BCUT2D eigenvalue weighted by Crippen LogP contribution is 2.15. The average molecular weight is 388 g/mol. The summed E-state index contributed by atoms with van der Waals surface area (Å²) in [6.45, 7) is 0. The molecule has 0 spiro atoms. The van der Waals surface area contributed by atoms with Crippen molar-refractivity contribution < 1.29 is 13.2 Å². The molecule has 0 aliphatic carbocycles. The molecule has 0 bridgehead atoms. The van der Waals surface area contributed by atoms with Crippen LogP contribution in [0.4, 0.5) is 0 Å². The minimum absolute atomic E-state index is 0.413. The highest BCUT2D eigenvalue weighted by Gasteiger charge is 2.22. The predicted molar refractivity (Wildman–Crippen MR) is 102 cm³/mol. The fourth-order valence-electron chi connectivity index (χ4n) is 2.43. The van der Waals surface area contributed by atoms with E-state index >= 15 is 0 Å². The van der Waals surface area contributed by atoms with Gasteiger partial charge in [0.2, 0.25) is 0 Å². The zero-order valence-electron chi connectivity index (χ0n) is 13.5. The topological polar surface area (TPSA) is 84.1 Å². The van der Waals surface area contributed by atoms with Crippen molar-refractivity contribution >= 4 is 44.2 Å². The van der Waals surface area contributed by atoms with Gasteiger partial charge in [-0.3, -0.25) is 9.59 Å². The quantitative estimate of drug-likeness (QED) is 0.681. The molecule has 0 radical (unpaired) electrons. The van der Waals surface area contributed by atoms with Crippen LogP contribution in [-0.4, -0.2) is 24.9 Å². The van der Waals surface area contributed by atoms with Crippen LogP contribution >= 0.6 is 11.6 Å². The van der Waals surface area contributed by atoms with Gasteiger partial charge < -0.3 is 4.98 Å². The molecule has 1 N–H and O–H groups in total. The van der Waals surface area contributed by atoms with Gasteiger partial charge >= 0.3 is 0 Å². The SMILES string of the molecule is O=C(/C=C/c1ccc(Cl)cc1)CS(=O)(=O)c1cc2ccccc2[nH]c1=O. The maximum absolute atomic E-state index is 12.5. The van der Waals surface area contributed by atoms with E-state index in [1.807, 2.05) is 0 Å². The van der Waals surface area contributed by atoms with Crippen molar-refractivity contribution in [2.75, 3.05) is 5.75 Å². The molecule has 1 heterocycles. The number of sulfone groups is 1. The molecule has 0 aliphatic rings. The van der Waals surface area contributed by atoms with E-state index in [4.69, 9.17) is 11.6 Å². The third kappa shape index (κ3) is 4.09. The van der Waals surface area contributed by atoms with E-state index in [1.165, 1.54) is 18.2 Å². The summed E-state index contributed by atoms with van der Waals surface area (Å²) in [6, 6.07) is 14.9. The molecule has 3 aromatic rings. The molecule has 0 amide bonds. The number of fused-ring (bicyclic) bond motifs is 1. The van der Waals surface area contributed by atoms with E-state index in [-0.39, 0.29) is 0 Å². The zero-order valence-corrected chi connectivity index (χ0v) is 15.0. The lowest BCUT2D eigenvalue weighted by molar-refractivity contribution is -0.112. The van der Waals surface area contributed by atoms with Crippen LogP contribution in [0.3, 0.4) is 0 Å². The van der Waals surface area contributed by atoms with E-state index in [0.717, 1.165) is 0 Å². The van der Waals surface area contributed by atoms with Crippen molar-refractivity contribution in [3.8, 4) is 0 Å². The molecule has 1 aromatic heterocycles. The molecule has 0 saturated carbocycles. The van der Waals surface area contributed by atoms with Gasteiger partial charge in [0.1, 0.15) is 10.6 Å². The first kappa shape index (κ1) is 18.1. The Kier molecular flexibility index (Phi) is 5.06. The molecule has 0 atom stereocenters. The Labute approximate surface area is 154 Å². The fraction of sp³-hybridized carbons (Fsp3) is 0.0526. The second-order valence-electron chi connectivity index (χ2n) is 5.66. The maximum atomic E-state index is 12.5. The fourth-order valence-corrected chi connectivity index (χ4v) is 3.83. The normalized spacial score (nSPS) is 11.9. The van der Waals surface area contributed by atoms with Gasteiger partial charge in [-0.25, -0.2) is 8.42 Å². The van der Waals surface area contributed by atoms with E-state index in [9.17, 15) is 18.0 Å². The second kappa shape index (κ2) is 7.27. The summed E-state index contributed by atoms with van der Waals surface area (Å²) in [7, 11) is -4.06. The molecule has 2 aromatic carbocycles. The standard InChI is InChI=1S/C19H14ClNO4S/c20-15-8-5-13(6-9-15)7-10-16(22)12-26(24,25)18-11-14-3-1-2-4-17(14)21-19(18)23/h1-11H,12H2,(H,21,23)/b10-7+. The van der Waals surface area contributed by atoms with Gasteiger partial charge in [0.15, 0.2) is 15.6 Å². The van der Waals surface area contributed by atoms with Crippen molar-refractivity contribution in [3.05, 3.63) is 81.6 Å². The van der Waals surface area contributed by atoms with E-state index in [1.54, 1.807) is 48.5 Å². The van der Waals surface area contributed by atoms with E-state index in [2.05, 4.69) is 4.98 Å². The number of pyridine rings is 1. The summed E-state index contributed by atoms with van der Waals surface area (Å²) < 4.78 is 24.9. The highest BCUT2D eigenvalue weighted by atomic mass is 35.5. The number of halogens is 1. The number of hydrogen-bond acceptors (Lipinski definition) is 4. The van der Waals surface area contributed by atoms with Gasteiger partial charge in [-0.2, -0.15) is 0 Å². The monoisotopic (exact) mass is 387 g/mol. The van der Waals surface area contributed by atoms with Crippen LogP contribution in [-0.2, 0) is 14.6 Å². The highest BCUT2D eigenvalue weighted by molar-refractivity contribution is 7.92. The van der Waals surface area contributed by atoms with Crippen molar-refractivity contribution in [1.29, 1.82) is 0 Å². The lowest BCUT2D eigenvalue weighted by atomic mass is 10.2. The lowest BCUT2D eigenvalue weighted by Crippen LogP contribution is -2.22. The van der Waals surface area contributed by atoms with E-state index < -0.39 is 31.8 Å². The lowest BCUT2D eigenvalue weighted by Gasteiger charge is -2.04. The Balaban J connectivity index is 1.84. The van der Waals surface area contributed by atoms with Gasteiger partial charge in [0.05, 0.1) is 0 Å². The molecule has 0 aliphatic heterocycles. The van der Waals surface area contributed by atoms with E-state index in [0.29, 0.717) is 21.5 Å². The first-order chi connectivity index (χ1) is 12.3. The molecule has 132 valence electrons. The number of aromatic nitrogens is 1. The van der Waals surface area contributed by atoms with Gasteiger partial charge in [-0.05, 0) is 41.3 Å². The van der Waals surface area contributed by atoms with Crippen LogP contribution in [0, 0.1) is 0 Å². The zero-order chi connectivity index (χ0) is 18.7. The molecular formula is C19H14ClNO4S. The molecule has 7 heteroatoms. The number of benzene rings is 2. The summed E-state index contributed by atoms with van der Waals surface area (Å²) >= 11 is 5.78. The molecule has 0 unspecified atom stereocenters. The predicted octanol–water partition coefficient (Wildman–Crippen LogP) is 3.24. The summed E-state index contributed by atoms with van der Waals surface area (Å²) in [6.07, 6.45) is 2.68. The van der Waals surface area contributed by atoms with Crippen molar-refractivity contribution in [3.63, 3.8) is 0 Å². The summed E-state index contributed by atoms with van der Waals surface area (Å²) in [5.74, 6) is -1.40. The number of aromatic amines is 1. The van der Waals surface area contributed by atoms with Crippen LogP contribution in [0.5, 0.6) is 0 Å². The molecular weight excluding hydrogens is 374 g/mol.